The smallest absolute Gasteiger partial charge is 0.0236 e. The van der Waals surface area contributed by atoms with E-state index in [1.54, 1.807) is 0 Å². The van der Waals surface area contributed by atoms with Crippen LogP contribution in [0.15, 0.2) is 42.5 Å². The van der Waals surface area contributed by atoms with E-state index < -0.39 is 0 Å². The van der Waals surface area contributed by atoms with E-state index in [2.05, 4.69) is 54.3 Å². The predicted octanol–water partition coefficient (Wildman–Crippen LogP) is 3.05. The van der Waals surface area contributed by atoms with Gasteiger partial charge < -0.3 is 5.73 Å². The third-order valence-electron chi connectivity index (χ3n) is 4.55. The molecule has 1 heterocycles. The summed E-state index contributed by atoms with van der Waals surface area (Å²) < 4.78 is 0. The molecule has 0 spiro atoms. The molecule has 0 fully saturated rings. The van der Waals surface area contributed by atoms with Crippen LogP contribution in [-0.2, 0) is 25.9 Å². The van der Waals surface area contributed by atoms with Gasteiger partial charge in [-0.3, -0.25) is 4.90 Å². The maximum absolute atomic E-state index is 5.71. The first-order valence-electron chi connectivity index (χ1n) is 7.84. The number of fused-ring (bicyclic) bond motifs is 1. The van der Waals surface area contributed by atoms with Gasteiger partial charge in [-0.05, 0) is 47.6 Å². The Kier molecular flexibility index (Phi) is 4.37. The molecule has 2 N–H and O–H groups in total. The molecule has 0 saturated carbocycles. The van der Waals surface area contributed by atoms with Gasteiger partial charge in [-0.2, -0.15) is 0 Å². The van der Waals surface area contributed by atoms with Crippen LogP contribution in [0.4, 0.5) is 0 Å². The fourth-order valence-corrected chi connectivity index (χ4v) is 3.18. The van der Waals surface area contributed by atoms with Gasteiger partial charge >= 0.3 is 0 Å². The van der Waals surface area contributed by atoms with Crippen LogP contribution in [0.2, 0.25) is 0 Å². The van der Waals surface area contributed by atoms with Crippen molar-refractivity contribution in [3.05, 3.63) is 70.3 Å². The van der Waals surface area contributed by atoms with E-state index in [-0.39, 0.29) is 0 Å². The van der Waals surface area contributed by atoms with E-state index in [0.717, 1.165) is 32.5 Å². The lowest BCUT2D eigenvalue weighted by atomic mass is 10.0. The van der Waals surface area contributed by atoms with Gasteiger partial charge in [-0.25, -0.2) is 0 Å². The van der Waals surface area contributed by atoms with Gasteiger partial charge in [0, 0.05) is 26.2 Å². The van der Waals surface area contributed by atoms with Gasteiger partial charge in [0.2, 0.25) is 0 Å². The maximum atomic E-state index is 5.71. The summed E-state index contributed by atoms with van der Waals surface area (Å²) in [7, 11) is 0. The van der Waals surface area contributed by atoms with Gasteiger partial charge in [0.25, 0.3) is 0 Å². The van der Waals surface area contributed by atoms with Crippen molar-refractivity contribution in [1.29, 1.82) is 0 Å². The van der Waals surface area contributed by atoms with Crippen LogP contribution in [0.25, 0.3) is 0 Å². The summed E-state index contributed by atoms with van der Waals surface area (Å²) in [5, 5.41) is 0. The van der Waals surface area contributed by atoms with Crippen molar-refractivity contribution in [3.63, 3.8) is 0 Å². The van der Waals surface area contributed by atoms with Crippen LogP contribution in [-0.4, -0.2) is 18.0 Å². The molecule has 0 bridgehead atoms. The first-order valence-corrected chi connectivity index (χ1v) is 7.84. The second-order valence-corrected chi connectivity index (χ2v) is 6.01. The minimum atomic E-state index is 0.625. The maximum Gasteiger partial charge on any atom is 0.0236 e. The minimum Gasteiger partial charge on any atom is -0.326 e. The number of nitrogens with zero attached hydrogens (tertiary/aromatic N) is 1. The summed E-state index contributed by atoms with van der Waals surface area (Å²) in [5.74, 6) is 0. The van der Waals surface area contributed by atoms with Crippen LogP contribution in [0.3, 0.4) is 0 Å². The molecule has 2 aromatic rings. The van der Waals surface area contributed by atoms with Crippen LogP contribution in [0, 0.1) is 6.92 Å². The Morgan fingerprint density at radius 3 is 2.24 bits per heavy atom. The van der Waals surface area contributed by atoms with Crippen molar-refractivity contribution in [2.24, 2.45) is 5.73 Å². The average Bonchev–Trinajstić information content (AvgIpc) is 2.72. The molecule has 0 amide bonds. The molecule has 2 heteroatoms. The van der Waals surface area contributed by atoms with E-state index >= 15 is 0 Å². The zero-order valence-corrected chi connectivity index (χ0v) is 12.8. The largest absolute Gasteiger partial charge is 0.326 e. The van der Waals surface area contributed by atoms with Gasteiger partial charge in [-0.15, -0.1) is 0 Å². The average molecular weight is 280 g/mol. The lowest BCUT2D eigenvalue weighted by Crippen LogP contribution is -2.26. The predicted molar refractivity (Wildman–Crippen MR) is 88.2 cm³/mol. The number of nitrogens with two attached hydrogens (primary N) is 1. The second kappa shape index (κ2) is 6.42. The molecule has 110 valence electrons. The summed E-state index contributed by atoms with van der Waals surface area (Å²) in [6, 6.07) is 15.5. The zero-order valence-electron chi connectivity index (χ0n) is 12.8. The molecule has 0 atom stereocenters. The van der Waals surface area contributed by atoms with Crippen molar-refractivity contribution in [1.82, 2.24) is 4.90 Å². The quantitative estimate of drug-likeness (QED) is 0.936. The Hall–Kier alpha value is -1.64. The monoisotopic (exact) mass is 280 g/mol. The normalized spacial score (nSPS) is 15.5. The topological polar surface area (TPSA) is 29.3 Å². The number of hydrogen-bond donors (Lipinski definition) is 1. The SMILES string of the molecule is Cc1cc(CN)ccc1CN1CCc2ccccc2CC1. The molecule has 0 unspecified atom stereocenters. The van der Waals surface area contributed by atoms with Crippen molar-refractivity contribution < 1.29 is 0 Å². The van der Waals surface area contributed by atoms with E-state index in [1.807, 2.05) is 0 Å². The number of aryl methyl sites for hydroxylation is 1. The molecular weight excluding hydrogens is 256 g/mol. The van der Waals surface area contributed by atoms with E-state index in [4.69, 9.17) is 5.73 Å². The van der Waals surface area contributed by atoms with Crippen molar-refractivity contribution in [2.45, 2.75) is 32.9 Å². The highest BCUT2D eigenvalue weighted by molar-refractivity contribution is 5.32. The van der Waals surface area contributed by atoms with Crippen molar-refractivity contribution in [3.8, 4) is 0 Å². The highest BCUT2D eigenvalue weighted by Gasteiger charge is 2.14. The molecule has 1 aliphatic rings. The molecule has 0 aliphatic carbocycles. The summed E-state index contributed by atoms with van der Waals surface area (Å²) in [5.41, 5.74) is 12.8. The summed E-state index contributed by atoms with van der Waals surface area (Å²) in [6.07, 6.45) is 2.33. The summed E-state index contributed by atoms with van der Waals surface area (Å²) >= 11 is 0. The Bertz CT molecular complexity index is 592. The van der Waals surface area contributed by atoms with Gasteiger partial charge in [0.1, 0.15) is 0 Å². The van der Waals surface area contributed by atoms with Crippen LogP contribution in [0.1, 0.15) is 27.8 Å². The number of benzene rings is 2. The lowest BCUT2D eigenvalue weighted by Gasteiger charge is -2.21. The molecule has 3 rings (SSSR count). The van der Waals surface area contributed by atoms with E-state index in [9.17, 15) is 0 Å². The third kappa shape index (κ3) is 3.34. The lowest BCUT2D eigenvalue weighted by molar-refractivity contribution is 0.279. The molecule has 2 nitrogen and oxygen atoms in total. The summed E-state index contributed by atoms with van der Waals surface area (Å²) in [4.78, 5) is 2.57. The zero-order chi connectivity index (χ0) is 14.7. The van der Waals surface area contributed by atoms with Gasteiger partial charge in [0.05, 0.1) is 0 Å². The highest BCUT2D eigenvalue weighted by Crippen LogP contribution is 2.19. The Balaban J connectivity index is 1.70. The van der Waals surface area contributed by atoms with Crippen LogP contribution < -0.4 is 5.73 Å². The first kappa shape index (κ1) is 14.3. The van der Waals surface area contributed by atoms with Crippen molar-refractivity contribution in [2.75, 3.05) is 13.1 Å². The Morgan fingerprint density at radius 2 is 1.67 bits per heavy atom. The van der Waals surface area contributed by atoms with E-state index in [0.29, 0.717) is 6.54 Å². The molecule has 0 radical (unpaired) electrons. The Morgan fingerprint density at radius 1 is 1.00 bits per heavy atom. The number of rotatable bonds is 3. The van der Waals surface area contributed by atoms with Gasteiger partial charge in [-0.1, -0.05) is 42.5 Å². The molecule has 21 heavy (non-hydrogen) atoms. The van der Waals surface area contributed by atoms with Crippen LogP contribution in [0.5, 0.6) is 0 Å². The molecule has 1 aliphatic heterocycles. The van der Waals surface area contributed by atoms with Gasteiger partial charge in [0.15, 0.2) is 0 Å². The molecule has 2 aromatic carbocycles. The fraction of sp³-hybridized carbons (Fsp3) is 0.368. The molecule has 0 aromatic heterocycles. The molecular formula is C19H24N2. The number of hydrogen-bond acceptors (Lipinski definition) is 2. The van der Waals surface area contributed by atoms with Crippen LogP contribution >= 0.6 is 0 Å². The first-order chi connectivity index (χ1) is 10.3. The molecule has 0 saturated heterocycles. The fourth-order valence-electron chi connectivity index (χ4n) is 3.18. The van der Waals surface area contributed by atoms with E-state index in [1.165, 1.54) is 27.8 Å². The standard InChI is InChI=1S/C19H24N2/c1-15-12-16(13-20)6-7-19(15)14-21-10-8-17-4-2-3-5-18(17)9-11-21/h2-7,12H,8-11,13-14,20H2,1H3. The van der Waals surface area contributed by atoms with Crippen molar-refractivity contribution >= 4 is 0 Å². The second-order valence-electron chi connectivity index (χ2n) is 6.01. The summed E-state index contributed by atoms with van der Waals surface area (Å²) in [6.45, 7) is 6.16. The third-order valence-corrected chi connectivity index (χ3v) is 4.55. The minimum absolute atomic E-state index is 0.625. The Labute approximate surface area is 127 Å². The highest BCUT2D eigenvalue weighted by atomic mass is 15.1.